The number of carbonyl (C=O) groups is 1. The van der Waals surface area contributed by atoms with Gasteiger partial charge < -0.3 is 24.4 Å². The maximum absolute atomic E-state index is 11.9. The van der Waals surface area contributed by atoms with Crippen molar-refractivity contribution in [2.24, 2.45) is 10.9 Å². The molecule has 0 bridgehead atoms. The van der Waals surface area contributed by atoms with Crippen molar-refractivity contribution >= 4 is 35.9 Å². The second-order valence-corrected chi connectivity index (χ2v) is 6.60. The van der Waals surface area contributed by atoms with E-state index in [2.05, 4.69) is 17.1 Å². The highest BCUT2D eigenvalue weighted by Gasteiger charge is 2.27. The molecule has 164 valence electrons. The number of hydrogen-bond acceptors (Lipinski definition) is 5. The van der Waals surface area contributed by atoms with Crippen molar-refractivity contribution in [3.63, 3.8) is 0 Å². The first kappa shape index (κ1) is 25.3. The van der Waals surface area contributed by atoms with E-state index in [4.69, 9.17) is 19.2 Å². The first-order valence-electron chi connectivity index (χ1n) is 10.1. The number of carbonyl (C=O) groups excluding carboxylic acids is 1. The molecule has 0 aliphatic carbocycles. The van der Waals surface area contributed by atoms with E-state index in [0.29, 0.717) is 19.8 Å². The number of halogens is 1. The number of aliphatic imine (C=N–C) groups is 1. The smallest absolute Gasteiger partial charge is 0.309 e. The number of hydrogen-bond donors (Lipinski definition) is 1. The van der Waals surface area contributed by atoms with Gasteiger partial charge in [-0.3, -0.25) is 4.79 Å². The Balaban J connectivity index is 0.00000420. The first-order valence-corrected chi connectivity index (χ1v) is 10.1. The summed E-state index contributed by atoms with van der Waals surface area (Å²) in [5, 5.41) is 3.36. The fraction of sp³-hybridized carbons (Fsp3) is 0.619. The predicted octanol–water partition coefficient (Wildman–Crippen LogP) is 3.45. The lowest BCUT2D eigenvalue weighted by Crippen LogP contribution is -2.46. The van der Waals surface area contributed by atoms with Crippen LogP contribution in [-0.2, 0) is 16.1 Å². The minimum Gasteiger partial charge on any atom is -0.493 e. The quantitative estimate of drug-likeness (QED) is 0.246. The maximum atomic E-state index is 11.9. The zero-order valence-electron chi connectivity index (χ0n) is 17.9. The van der Waals surface area contributed by atoms with Gasteiger partial charge in [0.2, 0.25) is 0 Å². The van der Waals surface area contributed by atoms with Gasteiger partial charge in [-0.2, -0.15) is 0 Å². The van der Waals surface area contributed by atoms with E-state index in [1.165, 1.54) is 0 Å². The highest BCUT2D eigenvalue weighted by atomic mass is 127. The molecule has 0 unspecified atom stereocenters. The van der Waals surface area contributed by atoms with E-state index >= 15 is 0 Å². The van der Waals surface area contributed by atoms with Crippen molar-refractivity contribution in [1.82, 2.24) is 10.2 Å². The van der Waals surface area contributed by atoms with Gasteiger partial charge in [0, 0.05) is 19.6 Å². The standard InChI is InChI=1S/C21H33N3O4.HI/c1-5-22-21(24-12-10-17(11-13-24)20(25)28-7-3)23-15-16-8-9-18(26-4)19(14-16)27-6-2;/h8-9,14,17H,5-7,10-13,15H2,1-4H3,(H,22,23);1H. The molecule has 1 fully saturated rings. The van der Waals surface area contributed by atoms with Crippen LogP contribution in [0.4, 0.5) is 0 Å². The van der Waals surface area contributed by atoms with Gasteiger partial charge in [0.1, 0.15) is 0 Å². The third-order valence-corrected chi connectivity index (χ3v) is 4.69. The number of methoxy groups -OCH3 is 1. The van der Waals surface area contributed by atoms with E-state index in [9.17, 15) is 4.79 Å². The van der Waals surface area contributed by atoms with Gasteiger partial charge >= 0.3 is 5.97 Å². The molecule has 7 nitrogen and oxygen atoms in total. The molecule has 0 amide bonds. The van der Waals surface area contributed by atoms with Gasteiger partial charge in [0.25, 0.3) is 0 Å². The zero-order chi connectivity index (χ0) is 20.4. The molecule has 1 heterocycles. The average Bonchev–Trinajstić information content (AvgIpc) is 2.72. The molecule has 1 aromatic carbocycles. The lowest BCUT2D eigenvalue weighted by atomic mass is 9.97. The third-order valence-electron chi connectivity index (χ3n) is 4.69. The highest BCUT2D eigenvalue weighted by Crippen LogP contribution is 2.28. The number of likely N-dealkylation sites (tertiary alicyclic amines) is 1. The van der Waals surface area contributed by atoms with Crippen LogP contribution in [0, 0.1) is 5.92 Å². The molecule has 1 aromatic rings. The summed E-state index contributed by atoms with van der Waals surface area (Å²) in [6, 6.07) is 5.89. The molecule has 29 heavy (non-hydrogen) atoms. The summed E-state index contributed by atoms with van der Waals surface area (Å²) in [7, 11) is 1.64. The maximum Gasteiger partial charge on any atom is 0.309 e. The van der Waals surface area contributed by atoms with Gasteiger partial charge in [-0.05, 0) is 51.3 Å². The summed E-state index contributed by atoms with van der Waals surface area (Å²) in [5.41, 5.74) is 1.06. The molecule has 1 N–H and O–H groups in total. The molecular formula is C21H34IN3O4. The summed E-state index contributed by atoms with van der Waals surface area (Å²) in [4.78, 5) is 18.9. The summed E-state index contributed by atoms with van der Waals surface area (Å²) in [6.07, 6.45) is 1.58. The molecule has 0 saturated carbocycles. The van der Waals surface area contributed by atoms with Gasteiger partial charge in [-0.25, -0.2) is 4.99 Å². The Kier molecular flexibility index (Phi) is 11.8. The average molecular weight is 519 g/mol. The Labute approximate surface area is 191 Å². The van der Waals surface area contributed by atoms with Crippen molar-refractivity contribution in [2.45, 2.75) is 40.2 Å². The number of guanidine groups is 1. The topological polar surface area (TPSA) is 72.4 Å². The molecule has 0 aromatic heterocycles. The molecular weight excluding hydrogens is 485 g/mol. The van der Waals surface area contributed by atoms with Crippen LogP contribution in [-0.4, -0.2) is 56.8 Å². The number of benzene rings is 1. The van der Waals surface area contributed by atoms with Crippen LogP contribution in [0.2, 0.25) is 0 Å². The van der Waals surface area contributed by atoms with Gasteiger partial charge in [0.15, 0.2) is 17.5 Å². The van der Waals surface area contributed by atoms with Crippen molar-refractivity contribution in [1.29, 1.82) is 0 Å². The number of ether oxygens (including phenoxy) is 3. The van der Waals surface area contributed by atoms with Crippen LogP contribution in [0.15, 0.2) is 23.2 Å². The number of rotatable bonds is 8. The fourth-order valence-electron chi connectivity index (χ4n) is 3.27. The number of piperidine rings is 1. The molecule has 8 heteroatoms. The molecule has 0 radical (unpaired) electrons. The van der Waals surface area contributed by atoms with Crippen molar-refractivity contribution in [2.75, 3.05) is 40.0 Å². The molecule has 0 spiro atoms. The SMILES string of the molecule is CCNC(=NCc1ccc(OC)c(OCC)c1)N1CCC(C(=O)OCC)CC1.I. The van der Waals surface area contributed by atoms with Crippen molar-refractivity contribution < 1.29 is 19.0 Å². The predicted molar refractivity (Wildman–Crippen MR) is 125 cm³/mol. The van der Waals surface area contributed by atoms with E-state index in [-0.39, 0.29) is 35.9 Å². The summed E-state index contributed by atoms with van der Waals surface area (Å²) >= 11 is 0. The van der Waals surface area contributed by atoms with Crippen LogP contribution in [0.1, 0.15) is 39.2 Å². The van der Waals surface area contributed by atoms with Crippen LogP contribution in [0.3, 0.4) is 0 Å². The fourth-order valence-corrected chi connectivity index (χ4v) is 3.27. The van der Waals surface area contributed by atoms with Crippen molar-refractivity contribution in [3.05, 3.63) is 23.8 Å². The lowest BCUT2D eigenvalue weighted by Gasteiger charge is -2.33. The van der Waals surface area contributed by atoms with Crippen molar-refractivity contribution in [3.8, 4) is 11.5 Å². The van der Waals surface area contributed by atoms with E-state index in [1.807, 2.05) is 32.0 Å². The monoisotopic (exact) mass is 519 g/mol. The number of esters is 1. The second-order valence-electron chi connectivity index (χ2n) is 6.60. The largest absolute Gasteiger partial charge is 0.493 e. The van der Waals surface area contributed by atoms with Crippen LogP contribution >= 0.6 is 24.0 Å². The Morgan fingerprint density at radius 3 is 2.48 bits per heavy atom. The Morgan fingerprint density at radius 1 is 1.17 bits per heavy atom. The van der Waals surface area contributed by atoms with E-state index in [0.717, 1.165) is 55.5 Å². The number of nitrogens with one attached hydrogen (secondary N) is 1. The van der Waals surface area contributed by atoms with Gasteiger partial charge in [0.05, 0.1) is 32.8 Å². The Bertz CT molecular complexity index is 661. The van der Waals surface area contributed by atoms with E-state index < -0.39 is 0 Å². The molecule has 1 aliphatic heterocycles. The molecule has 0 atom stereocenters. The van der Waals surface area contributed by atoms with Gasteiger partial charge in [-0.15, -0.1) is 24.0 Å². The minimum atomic E-state index is -0.0780. The van der Waals surface area contributed by atoms with Crippen LogP contribution in [0.25, 0.3) is 0 Å². The van der Waals surface area contributed by atoms with E-state index in [1.54, 1.807) is 7.11 Å². The minimum absolute atomic E-state index is 0. The Morgan fingerprint density at radius 2 is 1.90 bits per heavy atom. The third kappa shape index (κ3) is 7.56. The molecule has 1 saturated heterocycles. The Hall–Kier alpha value is -1.71. The summed E-state index contributed by atoms with van der Waals surface area (Å²) in [5.74, 6) is 2.25. The second kappa shape index (κ2) is 13.5. The zero-order valence-corrected chi connectivity index (χ0v) is 20.2. The summed E-state index contributed by atoms with van der Waals surface area (Å²) in [6.45, 7) is 9.81. The lowest BCUT2D eigenvalue weighted by molar-refractivity contribution is -0.149. The normalized spacial score (nSPS) is 14.8. The molecule has 1 aliphatic rings. The van der Waals surface area contributed by atoms with Gasteiger partial charge in [-0.1, -0.05) is 6.07 Å². The molecule has 2 rings (SSSR count). The number of nitrogens with zero attached hydrogens (tertiary/aromatic N) is 2. The highest BCUT2D eigenvalue weighted by molar-refractivity contribution is 14.0. The first-order chi connectivity index (χ1) is 13.6. The van der Waals surface area contributed by atoms with Crippen LogP contribution in [0.5, 0.6) is 11.5 Å². The van der Waals surface area contributed by atoms with Crippen LogP contribution < -0.4 is 14.8 Å². The summed E-state index contributed by atoms with van der Waals surface area (Å²) < 4.78 is 16.1.